The maximum Gasteiger partial charge on any atom is 0.336 e. The zero-order valence-electron chi connectivity index (χ0n) is 14.7. The van der Waals surface area contributed by atoms with Gasteiger partial charge in [0.2, 0.25) is 0 Å². The van der Waals surface area contributed by atoms with Gasteiger partial charge in [-0.3, -0.25) is 0 Å². The van der Waals surface area contributed by atoms with E-state index in [0.29, 0.717) is 10.9 Å². The predicted molar refractivity (Wildman–Crippen MR) is 105 cm³/mol. The first-order chi connectivity index (χ1) is 14.0. The van der Waals surface area contributed by atoms with E-state index in [9.17, 15) is 30.3 Å². The standard InChI is InChI=1S/C22H11N3O4/c23-9-12-8-16-13-3-1-2-4-18(13)25-20(16)19(17(12)10-24)15-7-11(21(26)27)5-6-14(15)22(28)29/h1-8,25H,(H,26,27)(H,28,29). The van der Waals surface area contributed by atoms with Gasteiger partial charge in [0.05, 0.1) is 27.8 Å². The van der Waals surface area contributed by atoms with Crippen molar-refractivity contribution in [2.45, 2.75) is 0 Å². The van der Waals surface area contributed by atoms with Crippen LogP contribution in [-0.4, -0.2) is 27.1 Å². The molecule has 0 unspecified atom stereocenters. The van der Waals surface area contributed by atoms with E-state index >= 15 is 0 Å². The second-order valence-corrected chi connectivity index (χ2v) is 6.36. The van der Waals surface area contributed by atoms with Crippen molar-refractivity contribution in [2.75, 3.05) is 0 Å². The molecule has 0 amide bonds. The van der Waals surface area contributed by atoms with E-state index in [0.717, 1.165) is 10.9 Å². The van der Waals surface area contributed by atoms with E-state index in [4.69, 9.17) is 0 Å². The van der Waals surface area contributed by atoms with Gasteiger partial charge in [0.25, 0.3) is 0 Å². The second-order valence-electron chi connectivity index (χ2n) is 6.36. The number of carbonyl (C=O) groups is 2. The highest BCUT2D eigenvalue weighted by Crippen LogP contribution is 2.39. The molecule has 0 fully saturated rings. The fourth-order valence-electron chi connectivity index (χ4n) is 3.53. The number of aromatic amines is 1. The number of H-pyrrole nitrogens is 1. The number of carboxylic acid groups (broad SMARTS) is 2. The molecule has 0 atom stereocenters. The van der Waals surface area contributed by atoms with Gasteiger partial charge >= 0.3 is 11.9 Å². The quantitative estimate of drug-likeness (QED) is 0.488. The summed E-state index contributed by atoms with van der Waals surface area (Å²) in [6, 6.07) is 16.5. The average Bonchev–Trinajstić information content (AvgIpc) is 3.09. The number of para-hydroxylation sites is 1. The number of carboxylic acids is 2. The summed E-state index contributed by atoms with van der Waals surface area (Å²) in [5.41, 5.74) is 1.23. The number of nitrogens with one attached hydrogen (secondary N) is 1. The summed E-state index contributed by atoms with van der Waals surface area (Å²) in [6.07, 6.45) is 0. The lowest BCUT2D eigenvalue weighted by molar-refractivity contribution is 0.0682. The van der Waals surface area contributed by atoms with Crippen molar-refractivity contribution in [3.63, 3.8) is 0 Å². The molecule has 0 radical (unpaired) electrons. The molecule has 138 valence electrons. The molecular formula is C22H11N3O4. The van der Waals surface area contributed by atoms with Crippen molar-refractivity contribution >= 4 is 33.7 Å². The van der Waals surface area contributed by atoms with Gasteiger partial charge in [0.15, 0.2) is 0 Å². The SMILES string of the molecule is N#Cc1cc2c([nH]c3ccccc32)c(-c2cc(C(=O)O)ccc2C(=O)O)c1C#N. The molecule has 4 rings (SSSR count). The third-order valence-corrected chi connectivity index (χ3v) is 4.80. The fourth-order valence-corrected chi connectivity index (χ4v) is 3.53. The number of hydrogen-bond donors (Lipinski definition) is 3. The number of aromatic nitrogens is 1. The third kappa shape index (κ3) is 2.66. The van der Waals surface area contributed by atoms with Crippen molar-refractivity contribution in [1.82, 2.24) is 4.98 Å². The molecule has 0 aliphatic heterocycles. The zero-order chi connectivity index (χ0) is 20.7. The molecule has 7 nitrogen and oxygen atoms in total. The first kappa shape index (κ1) is 17.8. The molecule has 0 spiro atoms. The fraction of sp³-hybridized carbons (Fsp3) is 0. The monoisotopic (exact) mass is 381 g/mol. The molecule has 0 saturated carbocycles. The second kappa shape index (κ2) is 6.52. The Morgan fingerprint density at radius 2 is 1.66 bits per heavy atom. The van der Waals surface area contributed by atoms with Crippen LogP contribution in [0.2, 0.25) is 0 Å². The van der Waals surface area contributed by atoms with Crippen molar-refractivity contribution < 1.29 is 19.8 Å². The normalized spacial score (nSPS) is 10.6. The van der Waals surface area contributed by atoms with Gasteiger partial charge in [0.1, 0.15) is 12.1 Å². The lowest BCUT2D eigenvalue weighted by Crippen LogP contribution is -2.05. The average molecular weight is 381 g/mol. The maximum atomic E-state index is 11.8. The summed E-state index contributed by atoms with van der Waals surface area (Å²) in [5, 5.41) is 39.8. The van der Waals surface area contributed by atoms with Gasteiger partial charge in [-0.05, 0) is 30.3 Å². The summed E-state index contributed by atoms with van der Waals surface area (Å²) in [5.74, 6) is -2.50. The van der Waals surface area contributed by atoms with Gasteiger partial charge < -0.3 is 15.2 Å². The van der Waals surface area contributed by atoms with Crippen LogP contribution in [0.5, 0.6) is 0 Å². The summed E-state index contributed by atoms with van der Waals surface area (Å²) in [7, 11) is 0. The van der Waals surface area contributed by atoms with E-state index in [-0.39, 0.29) is 33.4 Å². The van der Waals surface area contributed by atoms with Gasteiger partial charge in [0, 0.05) is 27.4 Å². The third-order valence-electron chi connectivity index (χ3n) is 4.80. The maximum absolute atomic E-state index is 11.8. The Kier molecular flexibility index (Phi) is 4.00. The van der Waals surface area contributed by atoms with E-state index < -0.39 is 11.9 Å². The molecule has 0 aliphatic carbocycles. The Bertz CT molecular complexity index is 1430. The number of fused-ring (bicyclic) bond motifs is 3. The molecule has 4 aromatic rings. The number of nitriles is 2. The van der Waals surface area contributed by atoms with E-state index in [1.165, 1.54) is 18.2 Å². The van der Waals surface area contributed by atoms with Crippen molar-refractivity contribution in [2.24, 2.45) is 0 Å². The van der Waals surface area contributed by atoms with Crippen LogP contribution in [0.25, 0.3) is 32.9 Å². The van der Waals surface area contributed by atoms with Crippen molar-refractivity contribution in [1.29, 1.82) is 10.5 Å². The number of rotatable bonds is 3. The molecule has 0 saturated heterocycles. The van der Waals surface area contributed by atoms with Crippen LogP contribution in [0.4, 0.5) is 0 Å². The van der Waals surface area contributed by atoms with Crippen LogP contribution < -0.4 is 0 Å². The summed E-state index contributed by atoms with van der Waals surface area (Å²) < 4.78 is 0. The van der Waals surface area contributed by atoms with Gasteiger partial charge in [-0.2, -0.15) is 10.5 Å². The minimum atomic E-state index is -1.27. The molecule has 29 heavy (non-hydrogen) atoms. The first-order valence-electron chi connectivity index (χ1n) is 8.45. The Hall–Kier alpha value is -4.62. The summed E-state index contributed by atoms with van der Waals surface area (Å²) in [6.45, 7) is 0. The molecule has 0 bridgehead atoms. The first-order valence-corrected chi connectivity index (χ1v) is 8.45. The molecule has 0 aliphatic rings. The van der Waals surface area contributed by atoms with E-state index in [1.54, 1.807) is 6.07 Å². The highest BCUT2D eigenvalue weighted by molar-refractivity contribution is 6.15. The lowest BCUT2D eigenvalue weighted by atomic mass is 9.89. The molecule has 1 heterocycles. The van der Waals surface area contributed by atoms with Crippen LogP contribution in [0, 0.1) is 22.7 Å². The van der Waals surface area contributed by atoms with Crippen LogP contribution >= 0.6 is 0 Å². The Balaban J connectivity index is 2.26. The van der Waals surface area contributed by atoms with Crippen LogP contribution in [0.3, 0.4) is 0 Å². The topological polar surface area (TPSA) is 138 Å². The van der Waals surface area contributed by atoms with Crippen LogP contribution in [0.1, 0.15) is 31.8 Å². The van der Waals surface area contributed by atoms with Gasteiger partial charge in [-0.15, -0.1) is 0 Å². The summed E-state index contributed by atoms with van der Waals surface area (Å²) >= 11 is 0. The largest absolute Gasteiger partial charge is 0.478 e. The Labute approximate surface area is 163 Å². The predicted octanol–water partition coefficient (Wildman–Crippen LogP) is 4.13. The number of benzene rings is 3. The highest BCUT2D eigenvalue weighted by atomic mass is 16.4. The molecule has 7 heteroatoms. The summed E-state index contributed by atoms with van der Waals surface area (Å²) in [4.78, 5) is 26.5. The molecule has 1 aromatic heterocycles. The van der Waals surface area contributed by atoms with Crippen LogP contribution in [0.15, 0.2) is 48.5 Å². The van der Waals surface area contributed by atoms with Gasteiger partial charge in [-0.25, -0.2) is 9.59 Å². The number of nitrogens with zero attached hydrogens (tertiary/aromatic N) is 2. The minimum absolute atomic E-state index is 0.0170. The smallest absolute Gasteiger partial charge is 0.336 e. The molecule has 3 N–H and O–H groups in total. The number of hydrogen-bond acceptors (Lipinski definition) is 4. The van der Waals surface area contributed by atoms with E-state index in [1.807, 2.05) is 36.4 Å². The Morgan fingerprint density at radius 3 is 2.31 bits per heavy atom. The van der Waals surface area contributed by atoms with Crippen molar-refractivity contribution in [3.05, 3.63) is 70.8 Å². The van der Waals surface area contributed by atoms with Crippen LogP contribution in [-0.2, 0) is 0 Å². The molecule has 3 aromatic carbocycles. The lowest BCUT2D eigenvalue weighted by Gasteiger charge is -2.12. The minimum Gasteiger partial charge on any atom is -0.478 e. The van der Waals surface area contributed by atoms with Crippen molar-refractivity contribution in [3.8, 4) is 23.3 Å². The van der Waals surface area contributed by atoms with Gasteiger partial charge in [-0.1, -0.05) is 18.2 Å². The molecular weight excluding hydrogens is 370 g/mol. The highest BCUT2D eigenvalue weighted by Gasteiger charge is 2.23. The van der Waals surface area contributed by atoms with E-state index in [2.05, 4.69) is 4.98 Å². The number of aromatic carboxylic acids is 2. The Morgan fingerprint density at radius 1 is 0.897 bits per heavy atom. The zero-order valence-corrected chi connectivity index (χ0v) is 14.7.